The quantitative estimate of drug-likeness (QED) is 0.523. The molecule has 2 aromatic rings. The lowest BCUT2D eigenvalue weighted by Gasteiger charge is -2.48. The molecule has 1 amide bonds. The van der Waals surface area contributed by atoms with E-state index in [2.05, 4.69) is 20.3 Å². The smallest absolute Gasteiger partial charge is 0.240 e. The number of nitrogens with zero attached hydrogens (tertiary/aromatic N) is 4. The van der Waals surface area contributed by atoms with Crippen molar-refractivity contribution >= 4 is 17.5 Å². The van der Waals surface area contributed by atoms with Gasteiger partial charge in [0.2, 0.25) is 5.91 Å². The van der Waals surface area contributed by atoms with E-state index in [0.717, 1.165) is 63.7 Å². The number of piperidine rings is 1. The molecule has 0 radical (unpaired) electrons. The number of aliphatic hydroxyl groups is 1. The van der Waals surface area contributed by atoms with E-state index < -0.39 is 0 Å². The predicted octanol–water partition coefficient (Wildman–Crippen LogP) is 4.63. The first-order valence-corrected chi connectivity index (χ1v) is 14.7. The predicted molar refractivity (Wildman–Crippen MR) is 145 cm³/mol. The zero-order valence-electron chi connectivity index (χ0n) is 21.9. The molecule has 2 saturated carbocycles. The second-order valence-corrected chi connectivity index (χ2v) is 12.1. The van der Waals surface area contributed by atoms with Crippen LogP contribution in [0.3, 0.4) is 0 Å². The topological polar surface area (TPSA) is 83.3 Å². The van der Waals surface area contributed by atoms with Gasteiger partial charge in [-0.3, -0.25) is 9.48 Å². The monoisotopic (exact) mass is 527 g/mol. The summed E-state index contributed by atoms with van der Waals surface area (Å²) in [6.45, 7) is 2.50. The molecule has 1 atom stereocenters. The summed E-state index contributed by atoms with van der Waals surface area (Å²) in [6.07, 6.45) is 15.9. The van der Waals surface area contributed by atoms with Crippen molar-refractivity contribution in [2.75, 3.05) is 13.1 Å². The molecular formula is C29H42ClN5O2. The number of benzene rings is 1. The van der Waals surface area contributed by atoms with Crippen LogP contribution in [0.15, 0.2) is 36.9 Å². The minimum Gasteiger partial charge on any atom is -0.393 e. The van der Waals surface area contributed by atoms with E-state index >= 15 is 0 Å². The summed E-state index contributed by atoms with van der Waals surface area (Å²) in [6, 6.07) is 7.86. The van der Waals surface area contributed by atoms with Gasteiger partial charge in [-0.15, -0.1) is 0 Å². The molecule has 2 aliphatic carbocycles. The highest BCUT2D eigenvalue weighted by molar-refractivity contribution is 6.30. The Hall–Kier alpha value is -1.96. The lowest BCUT2D eigenvalue weighted by Crippen LogP contribution is -2.55. The van der Waals surface area contributed by atoms with Crippen molar-refractivity contribution in [3.8, 4) is 0 Å². The number of aromatic nitrogens is 3. The van der Waals surface area contributed by atoms with E-state index in [0.29, 0.717) is 17.4 Å². The highest BCUT2D eigenvalue weighted by Crippen LogP contribution is 2.47. The maximum absolute atomic E-state index is 14.0. The van der Waals surface area contributed by atoms with Gasteiger partial charge in [-0.05, 0) is 86.8 Å². The number of nitrogens with one attached hydrogen (secondary N) is 1. The molecule has 8 heteroatoms. The van der Waals surface area contributed by atoms with E-state index in [-0.39, 0.29) is 29.5 Å². The number of carbonyl (C=O) groups is 1. The fourth-order valence-corrected chi connectivity index (χ4v) is 7.17. The number of carbonyl (C=O) groups excluding carboxylic acids is 1. The summed E-state index contributed by atoms with van der Waals surface area (Å²) >= 11 is 6.12. The zero-order chi connectivity index (χ0) is 25.7. The molecule has 1 aromatic heterocycles. The lowest BCUT2D eigenvalue weighted by atomic mass is 9.63. The number of hydrogen-bond acceptors (Lipinski definition) is 5. The van der Waals surface area contributed by atoms with Crippen molar-refractivity contribution in [2.24, 2.45) is 11.3 Å². The number of aliphatic hydroxyl groups excluding tert-OH is 1. The van der Waals surface area contributed by atoms with E-state index in [1.165, 1.54) is 32.1 Å². The van der Waals surface area contributed by atoms with Crippen molar-refractivity contribution in [3.63, 3.8) is 0 Å². The number of rotatable bonds is 8. The van der Waals surface area contributed by atoms with Gasteiger partial charge in [-0.1, -0.05) is 43.0 Å². The van der Waals surface area contributed by atoms with Gasteiger partial charge in [0.1, 0.15) is 12.7 Å². The normalized spacial score (nSPS) is 25.6. The van der Waals surface area contributed by atoms with Crippen LogP contribution in [0.25, 0.3) is 0 Å². The summed E-state index contributed by atoms with van der Waals surface area (Å²) in [5.41, 5.74) is 1.30. The van der Waals surface area contributed by atoms with Gasteiger partial charge in [-0.25, -0.2) is 4.98 Å². The molecule has 0 spiro atoms. The van der Waals surface area contributed by atoms with Crippen LogP contribution in [0.1, 0.15) is 76.2 Å². The van der Waals surface area contributed by atoms with E-state index in [1.807, 2.05) is 35.3 Å². The average Bonchev–Trinajstić information content (AvgIpc) is 3.44. The van der Waals surface area contributed by atoms with Crippen molar-refractivity contribution in [1.29, 1.82) is 0 Å². The summed E-state index contributed by atoms with van der Waals surface area (Å²) in [5, 5.41) is 18.8. The average molecular weight is 528 g/mol. The Kier molecular flexibility index (Phi) is 8.83. The van der Waals surface area contributed by atoms with Gasteiger partial charge in [0.05, 0.1) is 12.1 Å². The Bertz CT molecular complexity index is 976. The standard InChI is InChI=1S/C29H42ClN5O2/c30-24-8-6-22(7-9-24)18-27(33-25-10-12-26(36)13-11-25)28(37)34-16-14-29(15-17-34,19-35-21-31-20-32-35)23-4-2-1-3-5-23/h6-9,20-21,23,25-27,33,36H,1-5,10-19H2/t25-,26-,27-/m1/s1. The van der Waals surface area contributed by atoms with Crippen LogP contribution in [-0.2, 0) is 17.8 Å². The molecule has 3 aliphatic rings. The number of halogens is 1. The molecule has 2 heterocycles. The molecule has 7 nitrogen and oxygen atoms in total. The van der Waals surface area contributed by atoms with Crippen LogP contribution in [-0.4, -0.2) is 62.0 Å². The Morgan fingerprint density at radius 2 is 1.76 bits per heavy atom. The van der Waals surface area contributed by atoms with E-state index in [4.69, 9.17) is 11.6 Å². The third-order valence-corrected chi connectivity index (χ3v) is 9.52. The number of likely N-dealkylation sites (tertiary alicyclic amines) is 1. The first kappa shape index (κ1) is 26.6. The highest BCUT2D eigenvalue weighted by atomic mass is 35.5. The molecular weight excluding hydrogens is 486 g/mol. The molecule has 5 rings (SSSR count). The fraction of sp³-hybridized carbons (Fsp3) is 0.690. The van der Waals surface area contributed by atoms with E-state index in [9.17, 15) is 9.90 Å². The number of amides is 1. The number of hydrogen-bond donors (Lipinski definition) is 2. The second kappa shape index (κ2) is 12.3. The summed E-state index contributed by atoms with van der Waals surface area (Å²) in [4.78, 5) is 20.3. The summed E-state index contributed by atoms with van der Waals surface area (Å²) in [7, 11) is 0. The van der Waals surface area contributed by atoms with Gasteiger partial charge in [0.25, 0.3) is 0 Å². The van der Waals surface area contributed by atoms with Crippen molar-refractivity contribution in [1.82, 2.24) is 25.0 Å². The highest BCUT2D eigenvalue weighted by Gasteiger charge is 2.43. The Labute approximate surface area is 226 Å². The summed E-state index contributed by atoms with van der Waals surface area (Å²) in [5.74, 6) is 0.901. The first-order valence-electron chi connectivity index (χ1n) is 14.3. The Morgan fingerprint density at radius 3 is 2.41 bits per heavy atom. The van der Waals surface area contributed by atoms with Crippen LogP contribution in [0, 0.1) is 11.3 Å². The van der Waals surface area contributed by atoms with Gasteiger partial charge < -0.3 is 15.3 Å². The molecule has 1 saturated heterocycles. The molecule has 0 bridgehead atoms. The lowest BCUT2D eigenvalue weighted by molar-refractivity contribution is -0.137. The van der Waals surface area contributed by atoms with Crippen LogP contribution in [0.2, 0.25) is 5.02 Å². The molecule has 0 unspecified atom stereocenters. The molecule has 202 valence electrons. The first-order chi connectivity index (χ1) is 18.0. The molecule has 37 heavy (non-hydrogen) atoms. The van der Waals surface area contributed by atoms with Crippen LogP contribution < -0.4 is 5.32 Å². The fourth-order valence-electron chi connectivity index (χ4n) is 7.04. The van der Waals surface area contributed by atoms with Gasteiger partial charge >= 0.3 is 0 Å². The van der Waals surface area contributed by atoms with Gasteiger partial charge in [0, 0.05) is 30.7 Å². The third kappa shape index (κ3) is 6.73. The van der Waals surface area contributed by atoms with Gasteiger partial charge in [-0.2, -0.15) is 5.10 Å². The van der Waals surface area contributed by atoms with Crippen LogP contribution in [0.4, 0.5) is 0 Å². The SMILES string of the molecule is O=C([C@@H](Cc1ccc(Cl)cc1)N[C@H]1CC[C@H](O)CC1)N1CCC(Cn2cncn2)(C2CCCCC2)CC1. The molecule has 3 fully saturated rings. The largest absolute Gasteiger partial charge is 0.393 e. The summed E-state index contributed by atoms with van der Waals surface area (Å²) < 4.78 is 2.01. The molecule has 1 aliphatic heterocycles. The van der Waals surface area contributed by atoms with Gasteiger partial charge in [0.15, 0.2) is 0 Å². The third-order valence-electron chi connectivity index (χ3n) is 9.27. The minimum absolute atomic E-state index is 0.184. The van der Waals surface area contributed by atoms with Crippen LogP contribution >= 0.6 is 11.6 Å². The van der Waals surface area contributed by atoms with Crippen LogP contribution in [0.5, 0.6) is 0 Å². The Morgan fingerprint density at radius 1 is 1.05 bits per heavy atom. The molecule has 1 aromatic carbocycles. The zero-order valence-corrected chi connectivity index (χ0v) is 22.7. The molecule has 2 N–H and O–H groups in total. The van der Waals surface area contributed by atoms with E-state index in [1.54, 1.807) is 6.33 Å². The van der Waals surface area contributed by atoms with Crippen molar-refractivity contribution < 1.29 is 9.90 Å². The van der Waals surface area contributed by atoms with Crippen molar-refractivity contribution in [2.45, 2.75) is 102 Å². The second-order valence-electron chi connectivity index (χ2n) is 11.7. The maximum atomic E-state index is 14.0. The Balaban J connectivity index is 1.28. The minimum atomic E-state index is -0.265. The van der Waals surface area contributed by atoms with Crippen molar-refractivity contribution in [3.05, 3.63) is 47.5 Å². The maximum Gasteiger partial charge on any atom is 0.240 e.